The topological polar surface area (TPSA) is 156 Å². The molecule has 194 valence electrons. The van der Waals surface area contributed by atoms with Gasteiger partial charge in [0.15, 0.2) is 0 Å². The number of nitrogen functional groups attached to an aromatic ring is 2. The summed E-state index contributed by atoms with van der Waals surface area (Å²) in [4.78, 5) is 43.4. The van der Waals surface area contributed by atoms with E-state index in [4.69, 9.17) is 34.8 Å². The van der Waals surface area contributed by atoms with Crippen LogP contribution in [-0.2, 0) is 14.4 Å². The average molecular weight is 601 g/mol. The summed E-state index contributed by atoms with van der Waals surface area (Å²) >= 11 is 16.0. The van der Waals surface area contributed by atoms with Crippen LogP contribution >= 0.6 is 58.5 Å². The van der Waals surface area contributed by atoms with E-state index in [-0.39, 0.29) is 17.4 Å². The zero-order valence-corrected chi connectivity index (χ0v) is 22.9. The number of hydrogen-bond acceptors (Lipinski definition) is 9. The van der Waals surface area contributed by atoms with Crippen LogP contribution in [0.25, 0.3) is 0 Å². The molecular weight excluding hydrogens is 579 g/mol. The highest BCUT2D eigenvalue weighted by atomic mass is 35.5. The molecule has 2 amide bonds. The van der Waals surface area contributed by atoms with Gasteiger partial charge in [0.2, 0.25) is 11.7 Å². The number of nitrogens with one attached hydrogen (secondary N) is 1. The van der Waals surface area contributed by atoms with E-state index in [1.54, 1.807) is 42.6 Å². The van der Waals surface area contributed by atoms with Crippen LogP contribution in [-0.4, -0.2) is 61.4 Å². The molecule has 37 heavy (non-hydrogen) atoms. The highest BCUT2D eigenvalue weighted by Gasteiger charge is 2.53. The Bertz CT molecular complexity index is 1330. The third-order valence-electron chi connectivity index (χ3n) is 5.25. The number of nitrogens with two attached hydrogens (primary N) is 2. The minimum Gasteiger partial charge on any atom is -0.477 e. The smallest absolute Gasteiger partial charge is 0.384 e. The van der Waals surface area contributed by atoms with Crippen molar-refractivity contribution in [3.63, 3.8) is 0 Å². The number of β-lactam (4-membered cyclic amide) rings is 1. The van der Waals surface area contributed by atoms with Crippen LogP contribution in [0.1, 0.15) is 0 Å². The van der Waals surface area contributed by atoms with E-state index in [2.05, 4.69) is 10.3 Å². The van der Waals surface area contributed by atoms with Gasteiger partial charge in [-0.3, -0.25) is 20.3 Å². The van der Waals surface area contributed by atoms with Crippen LogP contribution in [0.5, 0.6) is 0 Å². The lowest BCUT2D eigenvalue weighted by atomic mass is 10.0. The molecule has 0 spiro atoms. The number of fused-ring (bicyclic) bond motifs is 1. The number of thioether (sulfide) groups is 3. The highest BCUT2D eigenvalue weighted by Crippen LogP contribution is 2.41. The minimum absolute atomic E-state index is 0.0270. The van der Waals surface area contributed by atoms with Crippen molar-refractivity contribution in [2.45, 2.75) is 21.5 Å². The summed E-state index contributed by atoms with van der Waals surface area (Å²) < 4.78 is 1.34. The molecule has 1 aromatic heterocycles. The number of rotatable bonds is 9. The first-order valence-electron chi connectivity index (χ1n) is 10.7. The van der Waals surface area contributed by atoms with Gasteiger partial charge in [-0.2, -0.15) is 0 Å². The Labute approximate surface area is 234 Å². The van der Waals surface area contributed by atoms with Crippen LogP contribution < -0.4 is 21.6 Å². The summed E-state index contributed by atoms with van der Waals surface area (Å²) in [5, 5.41) is 13.5. The maximum atomic E-state index is 12.8. The third-order valence-corrected chi connectivity index (χ3v) is 9.20. The van der Waals surface area contributed by atoms with Crippen molar-refractivity contribution in [1.82, 2.24) is 15.2 Å². The molecule has 10 nitrogen and oxygen atoms in total. The molecule has 1 aromatic carbocycles. The van der Waals surface area contributed by atoms with Gasteiger partial charge in [-0.25, -0.2) is 4.79 Å². The van der Waals surface area contributed by atoms with Gasteiger partial charge in [0.25, 0.3) is 5.91 Å². The zero-order chi connectivity index (χ0) is 26.7. The number of allylic oxidation sites excluding steroid dienone is 1. The molecule has 0 bridgehead atoms. The van der Waals surface area contributed by atoms with E-state index < -0.39 is 23.3 Å². The molecule has 15 heteroatoms. The summed E-state index contributed by atoms with van der Waals surface area (Å²) in [6.07, 6.45) is 5.04. The number of nitrogens with zero attached hydrogens (tertiary/aromatic N) is 3. The van der Waals surface area contributed by atoms with Crippen molar-refractivity contribution < 1.29 is 24.2 Å². The molecule has 2 aromatic rings. The Balaban J connectivity index is 1.37. The van der Waals surface area contributed by atoms with E-state index in [9.17, 15) is 19.5 Å². The first-order valence-corrected chi connectivity index (χ1v) is 14.4. The molecule has 0 unspecified atom stereocenters. The molecule has 2 aliphatic heterocycles. The second-order valence-electron chi connectivity index (χ2n) is 7.75. The molecule has 3 heterocycles. The van der Waals surface area contributed by atoms with Gasteiger partial charge in [-0.05, 0) is 40.5 Å². The summed E-state index contributed by atoms with van der Waals surface area (Å²) in [6, 6.07) is 5.72. The van der Waals surface area contributed by atoms with Gasteiger partial charge in [0.05, 0.1) is 10.8 Å². The summed E-state index contributed by atoms with van der Waals surface area (Å²) in [5.41, 5.74) is 6.10. The molecule has 4 rings (SSSR count). The van der Waals surface area contributed by atoms with Crippen LogP contribution in [0.15, 0.2) is 63.9 Å². The third kappa shape index (κ3) is 6.29. The van der Waals surface area contributed by atoms with Crippen LogP contribution in [0.3, 0.4) is 0 Å². The number of aromatic nitrogens is 2. The molecule has 0 radical (unpaired) electrons. The monoisotopic (exact) mass is 599 g/mol. The number of carbonyl (C=O) groups excluding carboxylic acids is 2. The molecule has 2 atom stereocenters. The predicted molar refractivity (Wildman–Crippen MR) is 146 cm³/mol. The molecular formula is C22H21Cl2N6O4S3+. The number of carboxylic acid groups (broad SMARTS) is 1. The Kier molecular flexibility index (Phi) is 8.80. The Morgan fingerprint density at radius 1 is 1.32 bits per heavy atom. The van der Waals surface area contributed by atoms with E-state index >= 15 is 0 Å². The molecule has 1 fully saturated rings. The van der Waals surface area contributed by atoms with Crippen molar-refractivity contribution in [3.8, 4) is 0 Å². The number of carboxylic acids is 1. The predicted octanol–water partition coefficient (Wildman–Crippen LogP) is 2.15. The lowest BCUT2D eigenvalue weighted by Gasteiger charge is -2.49. The fraction of sp³-hybridized carbons (Fsp3) is 0.227. The molecule has 6 N–H and O–H groups in total. The van der Waals surface area contributed by atoms with E-state index in [0.29, 0.717) is 43.0 Å². The SMILES string of the molecule is Nc1cc[n+](N)c(SC/C=C/C2=C(C(=O)O)N3C(=O)[C@@H](NC(=O)CSc4cc(Cl)ccc4Cl)[C@H]3SC2)n1. The van der Waals surface area contributed by atoms with Gasteiger partial charge in [0, 0.05) is 27.5 Å². The standard InChI is InChI=1S/C22H20Cl2N6O4S3/c23-12-3-4-13(24)14(8-12)36-10-16(31)28-17-19(32)30-18(21(33)34)11(9-37-20(17)30)2-1-7-35-22-27-15(25)5-6-29(22)26/h1-6,8,17,20,25H,7,9-10,26H2,(H2,28,31,33,34)/p+1/b2-1+/t17-,20-/m1/s1. The molecule has 2 aliphatic rings. The summed E-state index contributed by atoms with van der Waals surface area (Å²) in [5.74, 6) is 4.96. The second-order valence-corrected chi connectivity index (χ2v) is 11.7. The maximum absolute atomic E-state index is 12.8. The first-order chi connectivity index (χ1) is 17.7. The fourth-order valence-corrected chi connectivity index (χ4v) is 6.91. The van der Waals surface area contributed by atoms with Gasteiger partial charge < -0.3 is 16.2 Å². The van der Waals surface area contributed by atoms with Gasteiger partial charge in [0.1, 0.15) is 23.3 Å². The van der Waals surface area contributed by atoms with Gasteiger partial charge in [-0.1, -0.05) is 35.4 Å². The van der Waals surface area contributed by atoms with Crippen molar-refractivity contribution in [2.24, 2.45) is 0 Å². The maximum Gasteiger partial charge on any atom is 0.384 e. The normalized spacial score (nSPS) is 19.1. The highest BCUT2D eigenvalue weighted by molar-refractivity contribution is 8.00. The van der Waals surface area contributed by atoms with Gasteiger partial charge >= 0.3 is 11.1 Å². The van der Waals surface area contributed by atoms with Crippen molar-refractivity contribution in [2.75, 3.05) is 28.8 Å². The number of benzene rings is 1. The number of halogens is 2. The fourth-order valence-electron chi connectivity index (χ4n) is 3.56. The number of carbonyl (C=O) groups is 3. The number of hydrogen-bond donors (Lipinski definition) is 4. The zero-order valence-electron chi connectivity index (χ0n) is 19.0. The Hall–Kier alpha value is -2.58. The number of anilines is 1. The molecule has 1 saturated heterocycles. The van der Waals surface area contributed by atoms with E-state index in [0.717, 1.165) is 0 Å². The van der Waals surface area contributed by atoms with Gasteiger partial charge in [-0.15, -0.1) is 28.2 Å². The van der Waals surface area contributed by atoms with Crippen molar-refractivity contribution >= 4 is 82.1 Å². The minimum atomic E-state index is -1.21. The largest absolute Gasteiger partial charge is 0.477 e. The Morgan fingerprint density at radius 2 is 2.11 bits per heavy atom. The quantitative estimate of drug-likeness (QED) is 0.111. The van der Waals surface area contributed by atoms with Crippen LogP contribution in [0.2, 0.25) is 10.0 Å². The lowest BCUT2D eigenvalue weighted by molar-refractivity contribution is -0.682. The van der Waals surface area contributed by atoms with Crippen molar-refractivity contribution in [3.05, 3.63) is 63.9 Å². The number of amides is 2. The number of aliphatic carboxylic acids is 1. The van der Waals surface area contributed by atoms with Crippen molar-refractivity contribution in [1.29, 1.82) is 0 Å². The average Bonchev–Trinajstić information content (AvgIpc) is 2.86. The molecule has 0 saturated carbocycles. The second kappa shape index (κ2) is 11.9. The van der Waals surface area contributed by atoms with Crippen LogP contribution in [0.4, 0.5) is 5.82 Å². The Morgan fingerprint density at radius 3 is 2.86 bits per heavy atom. The van der Waals surface area contributed by atoms with E-state index in [1.807, 2.05) is 0 Å². The first kappa shape index (κ1) is 27.5. The van der Waals surface area contributed by atoms with Crippen LogP contribution in [0, 0.1) is 0 Å². The molecule has 0 aliphatic carbocycles. The summed E-state index contributed by atoms with van der Waals surface area (Å²) in [7, 11) is 0. The lowest BCUT2D eigenvalue weighted by Crippen LogP contribution is -2.70. The van der Waals surface area contributed by atoms with E-state index in [1.165, 1.54) is 44.9 Å². The summed E-state index contributed by atoms with van der Waals surface area (Å²) in [6.45, 7) is 0.